The van der Waals surface area contributed by atoms with E-state index in [4.69, 9.17) is 0 Å². The molecule has 1 N–H and O–H groups in total. The van der Waals surface area contributed by atoms with Crippen LogP contribution in [0.15, 0.2) is 30.9 Å². The maximum Gasteiger partial charge on any atom is 0.108 e. The third-order valence-electron chi connectivity index (χ3n) is 5.94. The molecule has 25 heavy (non-hydrogen) atoms. The average molecular weight is 336 g/mol. The van der Waals surface area contributed by atoms with Gasteiger partial charge in [0.25, 0.3) is 0 Å². The molecule has 0 amide bonds. The van der Waals surface area contributed by atoms with Gasteiger partial charge in [0.05, 0.1) is 24.0 Å². The van der Waals surface area contributed by atoms with Crippen molar-refractivity contribution in [2.75, 3.05) is 13.1 Å². The lowest BCUT2D eigenvalue weighted by Gasteiger charge is -2.36. The zero-order chi connectivity index (χ0) is 16.6. The van der Waals surface area contributed by atoms with E-state index in [-0.39, 0.29) is 0 Å². The third kappa shape index (κ3) is 2.84. The van der Waals surface area contributed by atoms with Crippen LogP contribution in [0, 0.1) is 0 Å². The number of piperidine rings is 1. The number of aromatic amines is 1. The first-order valence-corrected chi connectivity index (χ1v) is 9.44. The number of hydrogen-bond donors (Lipinski definition) is 1. The van der Waals surface area contributed by atoms with Crippen LogP contribution in [0.1, 0.15) is 44.6 Å². The van der Waals surface area contributed by atoms with Gasteiger partial charge in [-0.05, 0) is 31.7 Å². The highest BCUT2D eigenvalue weighted by Crippen LogP contribution is 2.30. The van der Waals surface area contributed by atoms with E-state index < -0.39 is 0 Å². The van der Waals surface area contributed by atoms with Gasteiger partial charge < -0.3 is 4.90 Å². The zero-order valence-electron chi connectivity index (χ0n) is 14.4. The summed E-state index contributed by atoms with van der Waals surface area (Å²) in [5, 5.41) is 11.7. The highest BCUT2D eigenvalue weighted by molar-refractivity contribution is 5.79. The number of nitrogens with one attached hydrogen (secondary N) is 1. The van der Waals surface area contributed by atoms with E-state index in [2.05, 4.69) is 42.1 Å². The van der Waals surface area contributed by atoms with Crippen LogP contribution in [0.4, 0.5) is 0 Å². The molecule has 0 aromatic carbocycles. The topological polar surface area (TPSA) is 62.6 Å². The fourth-order valence-corrected chi connectivity index (χ4v) is 4.46. The Balaban J connectivity index is 1.29. The van der Waals surface area contributed by atoms with E-state index in [9.17, 15) is 0 Å². The summed E-state index contributed by atoms with van der Waals surface area (Å²) < 4.78 is 2.17. The molecule has 6 nitrogen and oxygen atoms in total. The Morgan fingerprint density at radius 1 is 0.920 bits per heavy atom. The molecule has 1 saturated carbocycles. The first-order valence-electron chi connectivity index (χ1n) is 9.44. The lowest BCUT2D eigenvalue weighted by molar-refractivity contribution is 0.132. The van der Waals surface area contributed by atoms with Gasteiger partial charge in [-0.2, -0.15) is 10.2 Å². The number of nitrogens with zero attached hydrogens (tertiary/aromatic N) is 5. The number of H-pyrrole nitrogens is 1. The van der Waals surface area contributed by atoms with Crippen molar-refractivity contribution in [3.63, 3.8) is 0 Å². The average Bonchev–Trinajstić information content (AvgIpc) is 3.42. The second-order valence-corrected chi connectivity index (χ2v) is 7.44. The van der Waals surface area contributed by atoms with Gasteiger partial charge in [-0.15, -0.1) is 0 Å². The van der Waals surface area contributed by atoms with Gasteiger partial charge in [0.15, 0.2) is 0 Å². The van der Waals surface area contributed by atoms with Crippen LogP contribution < -0.4 is 0 Å². The van der Waals surface area contributed by atoms with E-state index in [0.717, 1.165) is 28.2 Å². The molecule has 0 atom stereocenters. The molecule has 3 aromatic heterocycles. The van der Waals surface area contributed by atoms with Gasteiger partial charge in [0.2, 0.25) is 0 Å². The minimum absolute atomic E-state index is 0.523. The Morgan fingerprint density at radius 3 is 2.60 bits per heavy atom. The van der Waals surface area contributed by atoms with Crippen LogP contribution in [0.3, 0.4) is 0 Å². The van der Waals surface area contributed by atoms with Crippen molar-refractivity contribution in [1.29, 1.82) is 0 Å². The maximum atomic E-state index is 4.65. The van der Waals surface area contributed by atoms with Crippen molar-refractivity contribution in [3.05, 3.63) is 30.9 Å². The molecule has 1 aliphatic heterocycles. The van der Waals surface area contributed by atoms with Crippen molar-refractivity contribution in [2.45, 2.75) is 50.6 Å². The summed E-state index contributed by atoms with van der Waals surface area (Å²) in [4.78, 5) is 7.17. The molecule has 0 bridgehead atoms. The first kappa shape index (κ1) is 15.1. The van der Waals surface area contributed by atoms with Crippen LogP contribution in [-0.4, -0.2) is 49.0 Å². The molecule has 0 unspecified atom stereocenters. The third-order valence-corrected chi connectivity index (χ3v) is 5.94. The fraction of sp³-hybridized carbons (Fsp3) is 0.526. The Bertz CT molecular complexity index is 852. The maximum absolute atomic E-state index is 4.65. The predicted molar refractivity (Wildman–Crippen MR) is 97.2 cm³/mol. The van der Waals surface area contributed by atoms with Crippen LogP contribution >= 0.6 is 0 Å². The second kappa shape index (κ2) is 6.26. The van der Waals surface area contributed by atoms with Gasteiger partial charge in [-0.1, -0.05) is 12.8 Å². The van der Waals surface area contributed by atoms with Crippen molar-refractivity contribution in [1.82, 2.24) is 29.9 Å². The van der Waals surface area contributed by atoms with E-state index in [0.29, 0.717) is 6.04 Å². The fourth-order valence-electron chi connectivity index (χ4n) is 4.46. The first-order chi connectivity index (χ1) is 12.4. The molecule has 0 radical (unpaired) electrons. The summed E-state index contributed by atoms with van der Waals surface area (Å²) in [7, 11) is 0. The Morgan fingerprint density at radius 2 is 1.76 bits per heavy atom. The van der Waals surface area contributed by atoms with Crippen LogP contribution in [0.25, 0.3) is 22.2 Å². The number of aromatic nitrogens is 5. The molecule has 6 heteroatoms. The van der Waals surface area contributed by atoms with Crippen LogP contribution in [-0.2, 0) is 0 Å². The summed E-state index contributed by atoms with van der Waals surface area (Å²) in [5.74, 6) is 0. The summed E-state index contributed by atoms with van der Waals surface area (Å²) in [6.45, 7) is 2.43. The minimum atomic E-state index is 0.523. The summed E-state index contributed by atoms with van der Waals surface area (Å²) in [6, 6.07) is 3.47. The largest absolute Gasteiger partial charge is 0.300 e. The number of fused-ring (bicyclic) bond motifs is 1. The van der Waals surface area contributed by atoms with E-state index in [1.54, 1.807) is 6.20 Å². The molecule has 5 rings (SSSR count). The number of pyridine rings is 1. The number of likely N-dealkylation sites (tertiary alicyclic amines) is 1. The summed E-state index contributed by atoms with van der Waals surface area (Å²) in [5.41, 5.74) is 4.08. The van der Waals surface area contributed by atoms with E-state index in [1.807, 2.05) is 12.4 Å². The van der Waals surface area contributed by atoms with Gasteiger partial charge >= 0.3 is 0 Å². The molecule has 3 aromatic rings. The van der Waals surface area contributed by atoms with Crippen LogP contribution in [0.5, 0.6) is 0 Å². The Hall–Kier alpha value is -2.21. The van der Waals surface area contributed by atoms with Crippen molar-refractivity contribution >= 4 is 11.0 Å². The standard InChI is InChI=1S/C19H24N6/c1-2-4-16(3-1)24-7-5-17(6-8-24)25-13-15(11-22-25)14-9-18-19(20-10-14)12-21-23-18/h9-13,16-17H,1-8H2,(H,21,23). The lowest BCUT2D eigenvalue weighted by atomic mass is 10.0. The highest BCUT2D eigenvalue weighted by atomic mass is 15.3. The molecule has 0 spiro atoms. The van der Waals surface area contributed by atoms with E-state index >= 15 is 0 Å². The quantitative estimate of drug-likeness (QED) is 0.796. The molecule has 1 saturated heterocycles. The van der Waals surface area contributed by atoms with Gasteiger partial charge in [0.1, 0.15) is 5.52 Å². The van der Waals surface area contributed by atoms with Crippen molar-refractivity contribution in [3.8, 4) is 11.1 Å². The van der Waals surface area contributed by atoms with Crippen LogP contribution in [0.2, 0.25) is 0 Å². The van der Waals surface area contributed by atoms with Gasteiger partial charge in [0, 0.05) is 42.7 Å². The molecular weight excluding hydrogens is 312 g/mol. The molecule has 130 valence electrons. The highest BCUT2D eigenvalue weighted by Gasteiger charge is 2.28. The second-order valence-electron chi connectivity index (χ2n) is 7.44. The van der Waals surface area contributed by atoms with Crippen molar-refractivity contribution < 1.29 is 0 Å². The molecule has 2 fully saturated rings. The molecule has 4 heterocycles. The summed E-state index contributed by atoms with van der Waals surface area (Å²) in [6.07, 6.45) is 15.8. The number of rotatable bonds is 3. The monoisotopic (exact) mass is 336 g/mol. The zero-order valence-corrected chi connectivity index (χ0v) is 14.4. The number of hydrogen-bond acceptors (Lipinski definition) is 4. The lowest BCUT2D eigenvalue weighted by Crippen LogP contribution is -2.40. The SMILES string of the molecule is c1nc2cn[nH]c2cc1-c1cnn(C2CCN(C3CCCC3)CC2)c1. The predicted octanol–water partition coefficient (Wildman–Crippen LogP) is 3.40. The smallest absolute Gasteiger partial charge is 0.108 e. The summed E-state index contributed by atoms with van der Waals surface area (Å²) >= 11 is 0. The molecular formula is C19H24N6. The molecule has 2 aliphatic rings. The normalized spacial score (nSPS) is 20.6. The van der Waals surface area contributed by atoms with Gasteiger partial charge in [-0.25, -0.2) is 0 Å². The minimum Gasteiger partial charge on any atom is -0.300 e. The van der Waals surface area contributed by atoms with Gasteiger partial charge in [-0.3, -0.25) is 14.8 Å². The Kier molecular flexibility index (Phi) is 3.77. The Labute approximate surface area is 147 Å². The molecule has 1 aliphatic carbocycles. The van der Waals surface area contributed by atoms with Crippen molar-refractivity contribution in [2.24, 2.45) is 0 Å². The van der Waals surface area contributed by atoms with E-state index in [1.165, 1.54) is 51.6 Å².